The zero-order chi connectivity index (χ0) is 26.2. The summed E-state index contributed by atoms with van der Waals surface area (Å²) in [5, 5.41) is 4.11. The van der Waals surface area contributed by atoms with Crippen molar-refractivity contribution in [3.63, 3.8) is 0 Å². The van der Waals surface area contributed by atoms with E-state index in [9.17, 15) is 4.79 Å². The summed E-state index contributed by atoms with van der Waals surface area (Å²) in [5.41, 5.74) is 12.7. The van der Waals surface area contributed by atoms with E-state index in [1.54, 1.807) is 13.1 Å². The molecule has 0 spiro atoms. The second kappa shape index (κ2) is 9.97. The van der Waals surface area contributed by atoms with Crippen LogP contribution in [0.25, 0.3) is 27.9 Å². The number of amidine groups is 1. The van der Waals surface area contributed by atoms with Crippen LogP contribution in [0, 0.1) is 11.8 Å². The number of carbonyl (C=O) groups excluding carboxylic acids is 1. The van der Waals surface area contributed by atoms with E-state index < -0.39 is 0 Å². The highest BCUT2D eigenvalue weighted by atomic mass is 16.1. The van der Waals surface area contributed by atoms with Gasteiger partial charge in [0.1, 0.15) is 17.7 Å². The third-order valence-corrected chi connectivity index (χ3v) is 8.19. The summed E-state index contributed by atoms with van der Waals surface area (Å²) in [5.74, 6) is 1.62. The first-order valence-electron chi connectivity index (χ1n) is 13.5. The highest BCUT2D eigenvalue weighted by Crippen LogP contribution is 2.44. The maximum Gasteiger partial charge on any atom is 0.216 e. The number of aliphatic imine (C=N–C) groups is 1. The molecule has 194 valence electrons. The third-order valence-electron chi connectivity index (χ3n) is 8.19. The third kappa shape index (κ3) is 4.42. The minimum atomic E-state index is 0.0510. The molecule has 0 bridgehead atoms. The van der Waals surface area contributed by atoms with E-state index in [0.717, 1.165) is 71.3 Å². The largest absolute Gasteiger partial charge is 0.382 e. The molecule has 3 N–H and O–H groups in total. The number of benzene rings is 2. The fraction of sp³-hybridized carbons (Fsp3) is 0.323. The smallest absolute Gasteiger partial charge is 0.216 e. The first-order chi connectivity index (χ1) is 18.5. The monoisotopic (exact) mass is 506 g/mol. The van der Waals surface area contributed by atoms with Gasteiger partial charge in [0.2, 0.25) is 5.91 Å². The highest BCUT2D eigenvalue weighted by molar-refractivity contribution is 6.05. The summed E-state index contributed by atoms with van der Waals surface area (Å²) in [6, 6.07) is 21.0. The first kappa shape index (κ1) is 24.2. The molecule has 1 atom stereocenters. The van der Waals surface area contributed by atoms with Crippen LogP contribution in [0.5, 0.6) is 0 Å². The second-order valence-corrected chi connectivity index (χ2v) is 10.6. The highest BCUT2D eigenvalue weighted by Gasteiger charge is 2.43. The SMILES string of the molecule is CC(=O)NCC1CCC(C2N(C)C(c3ccc4ccc(-c5ccccc5)nc4c3)=C3C(N)=NC=CN32)CC1. The minimum absolute atomic E-state index is 0.0510. The minimum Gasteiger partial charge on any atom is -0.382 e. The van der Waals surface area contributed by atoms with Crippen LogP contribution in [0.2, 0.25) is 0 Å². The molecule has 1 aliphatic carbocycles. The molecule has 3 aromatic rings. The van der Waals surface area contributed by atoms with Gasteiger partial charge in [-0.05, 0) is 49.7 Å². The van der Waals surface area contributed by atoms with Gasteiger partial charge in [-0.2, -0.15) is 0 Å². The number of hydrogen-bond donors (Lipinski definition) is 2. The summed E-state index contributed by atoms with van der Waals surface area (Å²) in [4.78, 5) is 25.5. The molecule has 1 amide bonds. The van der Waals surface area contributed by atoms with Gasteiger partial charge in [0.25, 0.3) is 0 Å². The van der Waals surface area contributed by atoms with E-state index in [1.165, 1.54) is 0 Å². The van der Waals surface area contributed by atoms with E-state index in [1.807, 2.05) is 18.2 Å². The lowest BCUT2D eigenvalue weighted by Crippen LogP contribution is -2.45. The summed E-state index contributed by atoms with van der Waals surface area (Å²) < 4.78 is 0. The van der Waals surface area contributed by atoms with Crippen molar-refractivity contribution in [2.75, 3.05) is 13.6 Å². The Kier molecular flexibility index (Phi) is 6.35. The van der Waals surface area contributed by atoms with Crippen LogP contribution in [0.1, 0.15) is 38.2 Å². The zero-order valence-electron chi connectivity index (χ0n) is 22.0. The number of nitrogens with two attached hydrogens (primary N) is 1. The molecule has 1 aromatic heterocycles. The number of nitrogens with zero attached hydrogens (tertiary/aromatic N) is 4. The van der Waals surface area contributed by atoms with Crippen LogP contribution in [0.4, 0.5) is 0 Å². The Morgan fingerprint density at radius 2 is 1.76 bits per heavy atom. The van der Waals surface area contributed by atoms with Crippen LogP contribution in [-0.2, 0) is 4.79 Å². The number of carbonyl (C=O) groups is 1. The van der Waals surface area contributed by atoms with Crippen LogP contribution in [0.3, 0.4) is 0 Å². The fourth-order valence-corrected chi connectivity index (χ4v) is 6.30. The van der Waals surface area contributed by atoms with Gasteiger partial charge in [0.05, 0.1) is 16.9 Å². The molecule has 1 fully saturated rings. The van der Waals surface area contributed by atoms with Gasteiger partial charge in [0.15, 0.2) is 0 Å². The maximum absolute atomic E-state index is 11.4. The van der Waals surface area contributed by atoms with Gasteiger partial charge in [-0.3, -0.25) is 4.79 Å². The first-order valence-corrected chi connectivity index (χ1v) is 13.5. The van der Waals surface area contributed by atoms with Gasteiger partial charge in [-0.1, -0.05) is 48.5 Å². The van der Waals surface area contributed by atoms with Crippen molar-refractivity contribution in [3.05, 3.63) is 84.3 Å². The fourth-order valence-electron chi connectivity index (χ4n) is 6.30. The molecule has 3 heterocycles. The summed E-state index contributed by atoms with van der Waals surface area (Å²) >= 11 is 0. The van der Waals surface area contributed by atoms with Crippen LogP contribution in [-0.4, -0.2) is 46.3 Å². The molecule has 38 heavy (non-hydrogen) atoms. The molecule has 3 aliphatic rings. The number of pyridine rings is 1. The van der Waals surface area contributed by atoms with Crippen molar-refractivity contribution in [3.8, 4) is 11.3 Å². The predicted octanol–water partition coefficient (Wildman–Crippen LogP) is 4.93. The predicted molar refractivity (Wildman–Crippen MR) is 152 cm³/mol. The summed E-state index contributed by atoms with van der Waals surface area (Å²) in [6.07, 6.45) is 8.50. The van der Waals surface area contributed by atoms with Gasteiger partial charge in [-0.15, -0.1) is 0 Å². The number of amides is 1. The van der Waals surface area contributed by atoms with Gasteiger partial charge >= 0.3 is 0 Å². The number of nitrogens with one attached hydrogen (secondary N) is 1. The molecule has 0 saturated heterocycles. The Hall–Kier alpha value is -4.13. The van der Waals surface area contributed by atoms with Crippen molar-refractivity contribution in [1.29, 1.82) is 0 Å². The summed E-state index contributed by atoms with van der Waals surface area (Å²) in [7, 11) is 2.17. The van der Waals surface area contributed by atoms with Crippen molar-refractivity contribution in [1.82, 2.24) is 20.1 Å². The normalized spacial score (nSPS) is 23.0. The molecule has 0 radical (unpaired) electrons. The lowest BCUT2D eigenvalue weighted by atomic mass is 9.80. The average molecular weight is 507 g/mol. The second-order valence-electron chi connectivity index (χ2n) is 10.6. The number of fused-ring (bicyclic) bond motifs is 2. The van der Waals surface area contributed by atoms with E-state index in [2.05, 4.69) is 75.8 Å². The van der Waals surface area contributed by atoms with E-state index in [0.29, 0.717) is 17.7 Å². The van der Waals surface area contributed by atoms with Crippen LogP contribution >= 0.6 is 0 Å². The molecule has 1 unspecified atom stereocenters. The molecule has 2 aromatic carbocycles. The lowest BCUT2D eigenvalue weighted by molar-refractivity contribution is -0.119. The number of rotatable bonds is 5. The zero-order valence-corrected chi connectivity index (χ0v) is 22.0. The quantitative estimate of drug-likeness (QED) is 0.513. The van der Waals surface area contributed by atoms with Crippen LogP contribution < -0.4 is 11.1 Å². The maximum atomic E-state index is 11.4. The number of hydrogen-bond acceptors (Lipinski definition) is 6. The number of aromatic nitrogens is 1. The Labute approximate surface area is 223 Å². The van der Waals surface area contributed by atoms with E-state index in [4.69, 9.17) is 10.7 Å². The van der Waals surface area contributed by atoms with E-state index in [-0.39, 0.29) is 12.1 Å². The Morgan fingerprint density at radius 1 is 1.00 bits per heavy atom. The van der Waals surface area contributed by atoms with Crippen molar-refractivity contribution < 1.29 is 4.79 Å². The topological polar surface area (TPSA) is 86.8 Å². The van der Waals surface area contributed by atoms with Gasteiger partial charge in [-0.25, -0.2) is 9.98 Å². The van der Waals surface area contributed by atoms with Crippen molar-refractivity contribution in [2.45, 2.75) is 38.8 Å². The molecule has 2 aliphatic heterocycles. The lowest BCUT2D eigenvalue weighted by Gasteiger charge is -2.40. The molecule has 7 heteroatoms. The molecule has 6 rings (SSSR count). The van der Waals surface area contributed by atoms with Crippen LogP contribution in [0.15, 0.2) is 83.8 Å². The van der Waals surface area contributed by atoms with Gasteiger partial charge < -0.3 is 20.9 Å². The average Bonchev–Trinajstić information content (AvgIpc) is 3.25. The molecule has 1 saturated carbocycles. The standard InChI is InChI=1S/C31H34N6O/c1-20(38)34-19-21-8-10-24(11-9-21)31-36(2)28(29-30(32)33-16-17-37(29)31)25-13-12-23-14-15-26(35-27(23)18-25)22-6-4-3-5-7-22/h3-7,12-18,21,24,31H,8-11,19H2,1-2H3,(H2,32,33)(H,34,38). The molecular weight excluding hydrogens is 472 g/mol. The van der Waals surface area contributed by atoms with Crippen molar-refractivity contribution >= 4 is 28.3 Å². The Bertz CT molecular complexity index is 1450. The van der Waals surface area contributed by atoms with Gasteiger partial charge in [0, 0.05) is 49.4 Å². The summed E-state index contributed by atoms with van der Waals surface area (Å²) in [6.45, 7) is 2.36. The Morgan fingerprint density at radius 3 is 2.53 bits per heavy atom. The molecule has 7 nitrogen and oxygen atoms in total. The van der Waals surface area contributed by atoms with Crippen molar-refractivity contribution in [2.24, 2.45) is 22.6 Å². The Balaban J connectivity index is 1.32. The molecular formula is C31H34N6O. The van der Waals surface area contributed by atoms with E-state index >= 15 is 0 Å².